The number of nitrogens with zero attached hydrogens (tertiary/aromatic N) is 2. The molecule has 0 N–H and O–H groups in total. The van der Waals surface area contributed by atoms with E-state index in [4.69, 9.17) is 5.26 Å². The van der Waals surface area contributed by atoms with Crippen LogP contribution >= 0.6 is 0 Å². The lowest BCUT2D eigenvalue weighted by atomic mass is 10.1. The van der Waals surface area contributed by atoms with E-state index >= 15 is 0 Å². The molecule has 0 saturated heterocycles. The third-order valence-corrected chi connectivity index (χ3v) is 2.67. The Morgan fingerprint density at radius 3 is 2.71 bits per heavy atom. The van der Waals surface area contributed by atoms with Gasteiger partial charge >= 0.3 is 6.61 Å². The van der Waals surface area contributed by atoms with Crippen molar-refractivity contribution < 1.29 is 18.3 Å². The molecule has 0 saturated carbocycles. The van der Waals surface area contributed by atoms with Gasteiger partial charge in [0.15, 0.2) is 0 Å². The van der Waals surface area contributed by atoms with Crippen LogP contribution in [0.2, 0.25) is 0 Å². The fraction of sp³-hybridized carbons (Fsp3) is 0.467. The average molecular weight is 296 g/mol. The summed E-state index contributed by atoms with van der Waals surface area (Å²) >= 11 is 0. The Labute approximate surface area is 122 Å². The van der Waals surface area contributed by atoms with Crippen LogP contribution in [0.4, 0.5) is 8.78 Å². The highest BCUT2D eigenvalue weighted by Crippen LogP contribution is 2.18. The highest BCUT2D eigenvalue weighted by atomic mass is 19.3. The topological polar surface area (TPSA) is 53.3 Å². The van der Waals surface area contributed by atoms with E-state index in [1.807, 2.05) is 19.9 Å². The molecule has 6 heteroatoms. The van der Waals surface area contributed by atoms with Gasteiger partial charge in [0.05, 0.1) is 12.5 Å². The predicted octanol–water partition coefficient (Wildman–Crippen LogP) is 3.30. The van der Waals surface area contributed by atoms with E-state index in [1.165, 1.54) is 18.2 Å². The maximum atomic E-state index is 12.4. The van der Waals surface area contributed by atoms with Gasteiger partial charge < -0.3 is 9.64 Å². The largest absolute Gasteiger partial charge is 0.435 e. The van der Waals surface area contributed by atoms with E-state index in [-0.39, 0.29) is 29.6 Å². The van der Waals surface area contributed by atoms with E-state index in [0.29, 0.717) is 13.1 Å². The van der Waals surface area contributed by atoms with Crippen molar-refractivity contribution in [1.82, 2.24) is 4.90 Å². The van der Waals surface area contributed by atoms with Gasteiger partial charge in [0.25, 0.3) is 5.91 Å². The van der Waals surface area contributed by atoms with Gasteiger partial charge in [-0.1, -0.05) is 19.9 Å². The van der Waals surface area contributed by atoms with Crippen LogP contribution in [0, 0.1) is 17.2 Å². The zero-order valence-electron chi connectivity index (χ0n) is 12.1. The summed E-state index contributed by atoms with van der Waals surface area (Å²) in [5, 5.41) is 8.65. The summed E-state index contributed by atoms with van der Waals surface area (Å²) in [4.78, 5) is 13.9. The number of rotatable bonds is 7. The standard InChI is InChI=1S/C15H18F2N2O2/c1-11(2)10-19(8-4-7-18)14(20)12-5-3-6-13(9-12)21-15(16)17/h3,5-6,9,11,15H,4,8,10H2,1-2H3. The average Bonchev–Trinajstić information content (AvgIpc) is 2.42. The normalized spacial score (nSPS) is 10.5. The molecule has 21 heavy (non-hydrogen) atoms. The highest BCUT2D eigenvalue weighted by molar-refractivity contribution is 5.94. The van der Waals surface area contributed by atoms with Crippen molar-refractivity contribution in [3.63, 3.8) is 0 Å². The minimum absolute atomic E-state index is 0.0550. The second-order valence-corrected chi connectivity index (χ2v) is 4.96. The van der Waals surface area contributed by atoms with Crippen LogP contribution in [0.25, 0.3) is 0 Å². The number of alkyl halides is 2. The lowest BCUT2D eigenvalue weighted by Gasteiger charge is -2.23. The molecule has 0 aromatic heterocycles. The minimum atomic E-state index is -2.93. The SMILES string of the molecule is CC(C)CN(CCC#N)C(=O)c1cccc(OC(F)F)c1. The van der Waals surface area contributed by atoms with Crippen molar-refractivity contribution in [2.24, 2.45) is 5.92 Å². The molecule has 0 atom stereocenters. The van der Waals surface area contributed by atoms with Gasteiger partial charge in [0.2, 0.25) is 0 Å². The van der Waals surface area contributed by atoms with Crippen molar-refractivity contribution >= 4 is 5.91 Å². The third kappa shape index (κ3) is 5.78. The summed E-state index contributed by atoms with van der Waals surface area (Å²) in [5.41, 5.74) is 0.270. The number of ether oxygens (including phenoxy) is 1. The Morgan fingerprint density at radius 2 is 2.14 bits per heavy atom. The first-order valence-corrected chi connectivity index (χ1v) is 6.65. The van der Waals surface area contributed by atoms with Crippen molar-refractivity contribution in [2.45, 2.75) is 26.9 Å². The second-order valence-electron chi connectivity index (χ2n) is 4.96. The molecule has 0 fully saturated rings. The summed E-state index contributed by atoms with van der Waals surface area (Å²) in [7, 11) is 0. The van der Waals surface area contributed by atoms with E-state index in [0.717, 1.165) is 0 Å². The lowest BCUT2D eigenvalue weighted by Crippen LogP contribution is -2.35. The van der Waals surface area contributed by atoms with E-state index < -0.39 is 6.61 Å². The summed E-state index contributed by atoms with van der Waals surface area (Å²) in [6.45, 7) is 1.81. The first kappa shape index (κ1) is 16.9. The van der Waals surface area contributed by atoms with Crippen molar-refractivity contribution in [3.05, 3.63) is 29.8 Å². The number of carbonyl (C=O) groups is 1. The summed E-state index contributed by atoms with van der Waals surface area (Å²) in [6.07, 6.45) is 0.228. The number of hydrogen-bond donors (Lipinski definition) is 0. The molecule has 0 bridgehead atoms. The number of hydrogen-bond acceptors (Lipinski definition) is 3. The number of benzene rings is 1. The Morgan fingerprint density at radius 1 is 1.43 bits per heavy atom. The first-order valence-electron chi connectivity index (χ1n) is 6.65. The fourth-order valence-corrected chi connectivity index (χ4v) is 1.89. The Hall–Kier alpha value is -2.16. The zero-order chi connectivity index (χ0) is 15.8. The van der Waals surface area contributed by atoms with Crippen LogP contribution in [-0.2, 0) is 0 Å². The van der Waals surface area contributed by atoms with Gasteiger partial charge in [-0.3, -0.25) is 4.79 Å². The minimum Gasteiger partial charge on any atom is -0.435 e. The Balaban J connectivity index is 2.89. The maximum Gasteiger partial charge on any atom is 0.387 e. The van der Waals surface area contributed by atoms with Gasteiger partial charge in [-0.05, 0) is 24.1 Å². The van der Waals surface area contributed by atoms with Crippen LogP contribution in [0.15, 0.2) is 24.3 Å². The molecular formula is C15H18F2N2O2. The fourth-order valence-electron chi connectivity index (χ4n) is 1.89. The third-order valence-electron chi connectivity index (χ3n) is 2.67. The molecule has 1 amide bonds. The summed E-state index contributed by atoms with van der Waals surface area (Å²) < 4.78 is 28.7. The van der Waals surface area contributed by atoms with Gasteiger partial charge in [-0.15, -0.1) is 0 Å². The molecule has 1 rings (SSSR count). The molecule has 0 spiro atoms. The van der Waals surface area contributed by atoms with Crippen LogP contribution < -0.4 is 4.74 Å². The molecule has 4 nitrogen and oxygen atoms in total. The lowest BCUT2D eigenvalue weighted by molar-refractivity contribution is -0.0499. The van der Waals surface area contributed by atoms with Crippen molar-refractivity contribution in [2.75, 3.05) is 13.1 Å². The highest BCUT2D eigenvalue weighted by Gasteiger charge is 2.17. The molecule has 0 heterocycles. The monoisotopic (exact) mass is 296 g/mol. The number of amides is 1. The molecule has 1 aromatic rings. The van der Waals surface area contributed by atoms with Crippen LogP contribution in [0.5, 0.6) is 5.75 Å². The molecule has 0 aliphatic rings. The maximum absolute atomic E-state index is 12.4. The van der Waals surface area contributed by atoms with Crippen molar-refractivity contribution in [1.29, 1.82) is 5.26 Å². The number of carbonyl (C=O) groups excluding carboxylic acids is 1. The van der Waals surface area contributed by atoms with Crippen LogP contribution in [0.1, 0.15) is 30.6 Å². The van der Waals surface area contributed by atoms with E-state index in [2.05, 4.69) is 4.74 Å². The van der Waals surface area contributed by atoms with E-state index in [9.17, 15) is 13.6 Å². The smallest absolute Gasteiger partial charge is 0.387 e. The summed E-state index contributed by atoms with van der Waals surface area (Å²) in [5.74, 6) is -0.104. The van der Waals surface area contributed by atoms with Gasteiger partial charge in [0.1, 0.15) is 5.75 Å². The number of halogens is 2. The molecule has 0 unspecified atom stereocenters. The molecule has 0 aliphatic carbocycles. The Bertz CT molecular complexity index is 513. The first-order chi connectivity index (χ1) is 9.93. The molecule has 114 valence electrons. The van der Waals surface area contributed by atoms with Crippen LogP contribution in [-0.4, -0.2) is 30.5 Å². The van der Waals surface area contributed by atoms with Gasteiger partial charge in [-0.2, -0.15) is 14.0 Å². The van der Waals surface area contributed by atoms with E-state index in [1.54, 1.807) is 11.0 Å². The number of nitriles is 1. The molecule has 0 aliphatic heterocycles. The van der Waals surface area contributed by atoms with Gasteiger partial charge in [-0.25, -0.2) is 0 Å². The van der Waals surface area contributed by atoms with Crippen LogP contribution in [0.3, 0.4) is 0 Å². The molecular weight excluding hydrogens is 278 g/mol. The van der Waals surface area contributed by atoms with Gasteiger partial charge in [0, 0.05) is 18.7 Å². The predicted molar refractivity (Wildman–Crippen MR) is 74.0 cm³/mol. The second kappa shape index (κ2) is 8.20. The Kier molecular flexibility index (Phi) is 6.60. The molecule has 1 aromatic carbocycles. The van der Waals surface area contributed by atoms with Crippen molar-refractivity contribution in [3.8, 4) is 11.8 Å². The quantitative estimate of drug-likeness (QED) is 0.775. The molecule has 0 radical (unpaired) electrons. The zero-order valence-corrected chi connectivity index (χ0v) is 12.1. The summed E-state index contributed by atoms with van der Waals surface area (Å²) in [6, 6.07) is 7.68.